The first kappa shape index (κ1) is 9.82. The van der Waals surface area contributed by atoms with Crippen LogP contribution in [0.25, 0.3) is 11.0 Å². The number of benzene rings is 1. The number of hydrogen-bond donors (Lipinski definition) is 1. The number of nitrogens with zero attached hydrogens (tertiary/aromatic N) is 2. The van der Waals surface area contributed by atoms with Crippen molar-refractivity contribution < 1.29 is 4.42 Å². The standard InChI is InChI=1S/C12H7N3O/c13-6-9(7-14)8-15-11-2-1-3-12-10(11)4-5-16-12/h1-5,8,15H. The van der Waals surface area contributed by atoms with Crippen molar-refractivity contribution in [2.45, 2.75) is 0 Å². The molecular formula is C12H7N3O. The third kappa shape index (κ3) is 1.73. The predicted octanol–water partition coefficient (Wildman–Crippen LogP) is 2.78. The fourth-order valence-corrected chi connectivity index (χ4v) is 1.36. The summed E-state index contributed by atoms with van der Waals surface area (Å²) < 4.78 is 5.23. The Morgan fingerprint density at radius 1 is 1.25 bits per heavy atom. The van der Waals surface area contributed by atoms with Crippen molar-refractivity contribution in [1.29, 1.82) is 10.5 Å². The van der Waals surface area contributed by atoms with E-state index in [1.54, 1.807) is 18.4 Å². The van der Waals surface area contributed by atoms with Crippen molar-refractivity contribution in [3.8, 4) is 12.1 Å². The molecular weight excluding hydrogens is 202 g/mol. The monoisotopic (exact) mass is 209 g/mol. The van der Waals surface area contributed by atoms with E-state index in [2.05, 4.69) is 5.32 Å². The topological polar surface area (TPSA) is 72.8 Å². The number of nitrogens with one attached hydrogen (secondary N) is 1. The molecule has 4 heteroatoms. The molecule has 1 aromatic heterocycles. The van der Waals surface area contributed by atoms with Gasteiger partial charge in [-0.05, 0) is 18.2 Å². The summed E-state index contributed by atoms with van der Waals surface area (Å²) in [4.78, 5) is 0. The normalized spacial score (nSPS) is 9.12. The SMILES string of the molecule is N#CC(C#N)=CNc1cccc2occc12. The van der Waals surface area contributed by atoms with Crippen LogP contribution in [0.5, 0.6) is 0 Å². The van der Waals surface area contributed by atoms with Gasteiger partial charge in [-0.2, -0.15) is 10.5 Å². The molecule has 0 radical (unpaired) electrons. The molecule has 1 aromatic carbocycles. The fraction of sp³-hybridized carbons (Fsp3) is 0. The second-order valence-corrected chi connectivity index (χ2v) is 3.06. The molecule has 0 bridgehead atoms. The zero-order valence-electron chi connectivity index (χ0n) is 8.27. The molecule has 0 aliphatic heterocycles. The minimum absolute atomic E-state index is 0.0282. The van der Waals surface area contributed by atoms with Crippen molar-refractivity contribution in [2.24, 2.45) is 0 Å². The van der Waals surface area contributed by atoms with Gasteiger partial charge in [-0.3, -0.25) is 0 Å². The lowest BCUT2D eigenvalue weighted by Gasteiger charge is -2.00. The number of rotatable bonds is 2. The summed E-state index contributed by atoms with van der Waals surface area (Å²) in [5.74, 6) is 0. The Balaban J connectivity index is 2.36. The van der Waals surface area contributed by atoms with Crippen LogP contribution in [0, 0.1) is 22.7 Å². The highest BCUT2D eigenvalue weighted by molar-refractivity contribution is 5.90. The Labute approximate surface area is 92.0 Å². The van der Waals surface area contributed by atoms with Crippen molar-refractivity contribution >= 4 is 16.7 Å². The molecule has 4 nitrogen and oxygen atoms in total. The molecule has 0 saturated carbocycles. The van der Waals surface area contributed by atoms with Gasteiger partial charge in [0.2, 0.25) is 0 Å². The van der Waals surface area contributed by atoms with Gasteiger partial charge < -0.3 is 9.73 Å². The van der Waals surface area contributed by atoms with Gasteiger partial charge in [0, 0.05) is 17.3 Å². The summed E-state index contributed by atoms with van der Waals surface area (Å²) in [7, 11) is 0. The summed E-state index contributed by atoms with van der Waals surface area (Å²) in [6.07, 6.45) is 2.97. The van der Waals surface area contributed by atoms with Crippen LogP contribution in [0.15, 0.2) is 46.7 Å². The van der Waals surface area contributed by atoms with Crippen molar-refractivity contribution in [3.05, 3.63) is 42.3 Å². The van der Waals surface area contributed by atoms with Gasteiger partial charge in [-0.1, -0.05) is 6.07 Å². The quantitative estimate of drug-likeness (QED) is 0.772. The maximum Gasteiger partial charge on any atom is 0.145 e. The van der Waals surface area contributed by atoms with Crippen LogP contribution in [-0.2, 0) is 0 Å². The van der Waals surface area contributed by atoms with Gasteiger partial charge in [0.05, 0.1) is 6.26 Å². The van der Waals surface area contributed by atoms with Crippen LogP contribution in [0.1, 0.15) is 0 Å². The minimum atomic E-state index is 0.0282. The first-order valence-corrected chi connectivity index (χ1v) is 4.58. The molecule has 76 valence electrons. The van der Waals surface area contributed by atoms with Crippen LogP contribution < -0.4 is 5.32 Å². The van der Waals surface area contributed by atoms with Crippen LogP contribution in [0.3, 0.4) is 0 Å². The summed E-state index contributed by atoms with van der Waals surface area (Å²) in [6.45, 7) is 0. The van der Waals surface area contributed by atoms with E-state index in [0.717, 1.165) is 16.7 Å². The Bertz CT molecular complexity index is 609. The highest BCUT2D eigenvalue weighted by atomic mass is 16.3. The van der Waals surface area contributed by atoms with Crippen LogP contribution in [0.2, 0.25) is 0 Å². The summed E-state index contributed by atoms with van der Waals surface area (Å²) in [6, 6.07) is 10.9. The average molecular weight is 209 g/mol. The average Bonchev–Trinajstić information content (AvgIpc) is 2.79. The summed E-state index contributed by atoms with van der Waals surface area (Å²) >= 11 is 0. The number of fused-ring (bicyclic) bond motifs is 1. The van der Waals surface area contributed by atoms with E-state index in [0.29, 0.717) is 0 Å². The number of furan rings is 1. The van der Waals surface area contributed by atoms with E-state index in [9.17, 15) is 0 Å². The Kier molecular flexibility index (Phi) is 2.58. The first-order chi connectivity index (χ1) is 7.85. The van der Waals surface area contributed by atoms with E-state index in [1.807, 2.05) is 24.3 Å². The number of hydrogen-bond acceptors (Lipinski definition) is 4. The Morgan fingerprint density at radius 2 is 2.06 bits per heavy atom. The van der Waals surface area contributed by atoms with Crippen LogP contribution in [0.4, 0.5) is 5.69 Å². The van der Waals surface area contributed by atoms with E-state index in [1.165, 1.54) is 6.20 Å². The van der Waals surface area contributed by atoms with Crippen LogP contribution >= 0.6 is 0 Å². The van der Waals surface area contributed by atoms with Gasteiger partial charge in [-0.15, -0.1) is 0 Å². The molecule has 1 N–H and O–H groups in total. The lowest BCUT2D eigenvalue weighted by atomic mass is 10.2. The van der Waals surface area contributed by atoms with Gasteiger partial charge >= 0.3 is 0 Å². The molecule has 0 amide bonds. The zero-order chi connectivity index (χ0) is 11.4. The van der Waals surface area contributed by atoms with Crippen molar-refractivity contribution in [3.63, 3.8) is 0 Å². The van der Waals surface area contributed by atoms with Gasteiger partial charge in [0.1, 0.15) is 23.3 Å². The van der Waals surface area contributed by atoms with Gasteiger partial charge in [0.15, 0.2) is 0 Å². The zero-order valence-corrected chi connectivity index (χ0v) is 8.27. The van der Waals surface area contributed by atoms with Crippen molar-refractivity contribution in [1.82, 2.24) is 0 Å². The lowest BCUT2D eigenvalue weighted by Crippen LogP contribution is -1.89. The molecule has 0 atom stereocenters. The third-order valence-corrected chi connectivity index (χ3v) is 2.11. The second-order valence-electron chi connectivity index (χ2n) is 3.06. The molecule has 0 fully saturated rings. The molecule has 16 heavy (non-hydrogen) atoms. The number of nitriles is 2. The first-order valence-electron chi connectivity index (χ1n) is 4.58. The fourth-order valence-electron chi connectivity index (χ4n) is 1.36. The Hall–Kier alpha value is -2.72. The number of anilines is 1. The van der Waals surface area contributed by atoms with E-state index in [-0.39, 0.29) is 5.57 Å². The van der Waals surface area contributed by atoms with E-state index >= 15 is 0 Å². The Morgan fingerprint density at radius 3 is 2.81 bits per heavy atom. The second kappa shape index (κ2) is 4.20. The minimum Gasteiger partial charge on any atom is -0.464 e. The molecule has 0 unspecified atom stereocenters. The molecule has 0 aliphatic rings. The van der Waals surface area contributed by atoms with E-state index in [4.69, 9.17) is 14.9 Å². The summed E-state index contributed by atoms with van der Waals surface area (Å²) in [5.41, 5.74) is 1.59. The number of allylic oxidation sites excluding steroid dienone is 1. The highest BCUT2D eigenvalue weighted by Gasteiger charge is 2.01. The molecule has 1 heterocycles. The maximum atomic E-state index is 8.58. The smallest absolute Gasteiger partial charge is 0.145 e. The van der Waals surface area contributed by atoms with Gasteiger partial charge in [0.25, 0.3) is 0 Å². The highest BCUT2D eigenvalue weighted by Crippen LogP contribution is 2.24. The third-order valence-electron chi connectivity index (χ3n) is 2.11. The summed E-state index contributed by atoms with van der Waals surface area (Å²) in [5, 5.41) is 21.0. The lowest BCUT2D eigenvalue weighted by molar-refractivity contribution is 0.616. The molecule has 0 saturated heterocycles. The van der Waals surface area contributed by atoms with Crippen molar-refractivity contribution in [2.75, 3.05) is 5.32 Å². The molecule has 2 aromatic rings. The maximum absolute atomic E-state index is 8.58. The van der Waals surface area contributed by atoms with Gasteiger partial charge in [-0.25, -0.2) is 0 Å². The molecule has 2 rings (SSSR count). The molecule has 0 spiro atoms. The largest absolute Gasteiger partial charge is 0.464 e. The predicted molar refractivity (Wildman–Crippen MR) is 59.1 cm³/mol. The van der Waals surface area contributed by atoms with E-state index < -0.39 is 0 Å². The van der Waals surface area contributed by atoms with Crippen LogP contribution in [-0.4, -0.2) is 0 Å². The molecule has 0 aliphatic carbocycles.